The standard InChI is InChI=1S/C18H23N3O4/c1-2-3-9-15(18(24)25)19-17(23)14-10-11-16(22)21(20-14)12-13-7-5-4-6-8-13/h4-8,15H,2-3,9-12H2,1H3,(H,19,23)(H,24,25)/t15-/m0/s1. The van der Waals surface area contributed by atoms with Crippen LogP contribution >= 0.6 is 0 Å². The van der Waals surface area contributed by atoms with Gasteiger partial charge in [0.15, 0.2) is 0 Å². The van der Waals surface area contributed by atoms with Crippen LogP contribution in [-0.4, -0.2) is 39.7 Å². The monoisotopic (exact) mass is 345 g/mol. The normalized spacial score (nSPS) is 15.5. The van der Waals surface area contributed by atoms with Crippen LogP contribution < -0.4 is 5.32 Å². The van der Waals surface area contributed by atoms with E-state index in [4.69, 9.17) is 0 Å². The predicted molar refractivity (Wildman–Crippen MR) is 92.8 cm³/mol. The van der Waals surface area contributed by atoms with Crippen molar-refractivity contribution in [2.75, 3.05) is 0 Å². The van der Waals surface area contributed by atoms with Crippen molar-refractivity contribution in [3.05, 3.63) is 35.9 Å². The molecule has 2 N–H and O–H groups in total. The molecule has 1 atom stereocenters. The molecular formula is C18H23N3O4. The van der Waals surface area contributed by atoms with Gasteiger partial charge in [-0.3, -0.25) is 9.59 Å². The molecule has 1 aromatic rings. The molecule has 0 bridgehead atoms. The Balaban J connectivity index is 2.06. The van der Waals surface area contributed by atoms with E-state index in [0.717, 1.165) is 12.0 Å². The molecule has 1 aliphatic rings. The molecule has 2 rings (SSSR count). The molecule has 7 heteroatoms. The van der Waals surface area contributed by atoms with Gasteiger partial charge in [-0.2, -0.15) is 5.10 Å². The van der Waals surface area contributed by atoms with Crippen LogP contribution in [0.4, 0.5) is 0 Å². The molecule has 1 aromatic carbocycles. The fraction of sp³-hybridized carbons (Fsp3) is 0.444. The zero-order valence-electron chi connectivity index (χ0n) is 14.3. The Hall–Kier alpha value is -2.70. The van der Waals surface area contributed by atoms with E-state index >= 15 is 0 Å². The first-order valence-corrected chi connectivity index (χ1v) is 8.46. The maximum atomic E-state index is 12.3. The average Bonchev–Trinajstić information content (AvgIpc) is 2.61. The van der Waals surface area contributed by atoms with Crippen LogP contribution in [0.2, 0.25) is 0 Å². The summed E-state index contributed by atoms with van der Waals surface area (Å²) in [5, 5.41) is 17.1. The lowest BCUT2D eigenvalue weighted by molar-refractivity contribution is -0.141. The topological polar surface area (TPSA) is 99.1 Å². The number of carboxylic acids is 1. The number of carbonyl (C=O) groups excluding carboxylic acids is 2. The van der Waals surface area contributed by atoms with Crippen molar-refractivity contribution in [2.45, 2.75) is 51.6 Å². The molecule has 0 aromatic heterocycles. The van der Waals surface area contributed by atoms with Gasteiger partial charge in [0.25, 0.3) is 5.91 Å². The van der Waals surface area contributed by atoms with E-state index in [-0.39, 0.29) is 31.0 Å². The third-order valence-corrected chi connectivity index (χ3v) is 3.99. The highest BCUT2D eigenvalue weighted by Gasteiger charge is 2.27. The van der Waals surface area contributed by atoms with Crippen LogP contribution in [0.1, 0.15) is 44.6 Å². The second-order valence-corrected chi connectivity index (χ2v) is 5.99. The second-order valence-electron chi connectivity index (χ2n) is 5.99. The molecule has 25 heavy (non-hydrogen) atoms. The van der Waals surface area contributed by atoms with Crippen molar-refractivity contribution in [3.8, 4) is 0 Å². The SMILES string of the molecule is CCCC[C@H](NC(=O)C1=NN(Cc2ccccc2)C(=O)CC1)C(=O)O. The zero-order chi connectivity index (χ0) is 18.2. The number of carboxylic acid groups (broad SMARTS) is 1. The quantitative estimate of drug-likeness (QED) is 0.752. The van der Waals surface area contributed by atoms with Gasteiger partial charge in [0.05, 0.1) is 6.54 Å². The molecular weight excluding hydrogens is 322 g/mol. The molecule has 0 spiro atoms. The van der Waals surface area contributed by atoms with Crippen molar-refractivity contribution in [3.63, 3.8) is 0 Å². The summed E-state index contributed by atoms with van der Waals surface area (Å²) in [6, 6.07) is 8.44. The molecule has 1 heterocycles. The minimum atomic E-state index is -1.06. The Kier molecular flexibility index (Phi) is 6.68. The number of hydrogen-bond acceptors (Lipinski definition) is 4. The molecule has 0 fully saturated rings. The summed E-state index contributed by atoms with van der Waals surface area (Å²) in [5.41, 5.74) is 1.10. The molecule has 0 radical (unpaired) electrons. The first-order chi connectivity index (χ1) is 12.0. The van der Waals surface area contributed by atoms with E-state index in [2.05, 4.69) is 10.4 Å². The molecule has 1 aliphatic heterocycles. The Labute approximate surface area is 146 Å². The zero-order valence-corrected chi connectivity index (χ0v) is 14.3. The highest BCUT2D eigenvalue weighted by Crippen LogP contribution is 2.14. The van der Waals surface area contributed by atoms with Crippen LogP contribution in [0.3, 0.4) is 0 Å². The second kappa shape index (κ2) is 8.96. The van der Waals surface area contributed by atoms with Crippen LogP contribution in [0.5, 0.6) is 0 Å². The fourth-order valence-electron chi connectivity index (χ4n) is 2.55. The van der Waals surface area contributed by atoms with E-state index in [9.17, 15) is 19.5 Å². The Morgan fingerprint density at radius 1 is 1.28 bits per heavy atom. The largest absolute Gasteiger partial charge is 0.480 e. The van der Waals surface area contributed by atoms with Gasteiger partial charge in [0.1, 0.15) is 11.8 Å². The maximum Gasteiger partial charge on any atom is 0.326 e. The summed E-state index contributed by atoms with van der Waals surface area (Å²) in [5.74, 6) is -1.73. The number of hydrogen-bond donors (Lipinski definition) is 2. The lowest BCUT2D eigenvalue weighted by Gasteiger charge is -2.24. The van der Waals surface area contributed by atoms with Gasteiger partial charge in [-0.15, -0.1) is 0 Å². The number of aliphatic carboxylic acids is 1. The Morgan fingerprint density at radius 2 is 2.00 bits per heavy atom. The van der Waals surface area contributed by atoms with Crippen LogP contribution in [0.25, 0.3) is 0 Å². The minimum absolute atomic E-state index is 0.152. The number of hydrazone groups is 1. The third-order valence-electron chi connectivity index (χ3n) is 3.99. The van der Waals surface area contributed by atoms with E-state index in [1.807, 2.05) is 37.3 Å². The summed E-state index contributed by atoms with van der Waals surface area (Å²) >= 11 is 0. The maximum absolute atomic E-state index is 12.3. The van der Waals surface area contributed by atoms with Crippen molar-refractivity contribution >= 4 is 23.5 Å². The van der Waals surface area contributed by atoms with Gasteiger partial charge in [0, 0.05) is 12.8 Å². The predicted octanol–water partition coefficient (Wildman–Crippen LogP) is 1.92. The molecule has 134 valence electrons. The molecule has 0 unspecified atom stereocenters. The average molecular weight is 345 g/mol. The van der Waals surface area contributed by atoms with Crippen LogP contribution in [-0.2, 0) is 20.9 Å². The van der Waals surface area contributed by atoms with Crippen molar-refractivity contribution in [2.24, 2.45) is 5.10 Å². The number of carbonyl (C=O) groups is 3. The van der Waals surface area contributed by atoms with Gasteiger partial charge in [0.2, 0.25) is 5.91 Å². The van der Waals surface area contributed by atoms with E-state index in [1.54, 1.807) is 0 Å². The van der Waals surface area contributed by atoms with Crippen molar-refractivity contribution < 1.29 is 19.5 Å². The first kappa shape index (κ1) is 18.6. The smallest absolute Gasteiger partial charge is 0.326 e. The summed E-state index contributed by atoms with van der Waals surface area (Å²) in [6.07, 6.45) is 2.33. The van der Waals surface area contributed by atoms with E-state index < -0.39 is 17.9 Å². The molecule has 0 saturated carbocycles. The Morgan fingerprint density at radius 3 is 2.64 bits per heavy atom. The summed E-state index contributed by atoms with van der Waals surface area (Å²) in [6.45, 7) is 2.24. The number of nitrogens with one attached hydrogen (secondary N) is 1. The fourth-order valence-corrected chi connectivity index (χ4v) is 2.55. The summed E-state index contributed by atoms with van der Waals surface area (Å²) in [7, 11) is 0. The number of benzene rings is 1. The molecule has 0 aliphatic carbocycles. The van der Waals surface area contributed by atoms with E-state index in [0.29, 0.717) is 12.8 Å². The number of nitrogens with zero attached hydrogens (tertiary/aromatic N) is 2. The van der Waals surface area contributed by atoms with Gasteiger partial charge in [-0.05, 0) is 12.0 Å². The highest BCUT2D eigenvalue weighted by molar-refractivity contribution is 6.39. The van der Waals surface area contributed by atoms with Gasteiger partial charge < -0.3 is 10.4 Å². The molecule has 7 nitrogen and oxygen atoms in total. The lowest BCUT2D eigenvalue weighted by Crippen LogP contribution is -2.46. The van der Waals surface area contributed by atoms with Crippen LogP contribution in [0.15, 0.2) is 35.4 Å². The number of rotatable bonds is 8. The Bertz CT molecular complexity index is 658. The lowest BCUT2D eigenvalue weighted by atomic mass is 10.1. The highest BCUT2D eigenvalue weighted by atomic mass is 16.4. The van der Waals surface area contributed by atoms with Gasteiger partial charge in [-0.25, -0.2) is 9.80 Å². The summed E-state index contributed by atoms with van der Waals surface area (Å²) < 4.78 is 0. The van der Waals surface area contributed by atoms with Crippen molar-refractivity contribution in [1.82, 2.24) is 10.3 Å². The van der Waals surface area contributed by atoms with E-state index in [1.165, 1.54) is 5.01 Å². The molecule has 0 saturated heterocycles. The molecule has 2 amide bonds. The van der Waals surface area contributed by atoms with Gasteiger partial charge >= 0.3 is 5.97 Å². The third kappa shape index (κ3) is 5.41. The van der Waals surface area contributed by atoms with Gasteiger partial charge in [-0.1, -0.05) is 50.1 Å². The van der Waals surface area contributed by atoms with Crippen LogP contribution in [0, 0.1) is 0 Å². The number of unbranched alkanes of at least 4 members (excludes halogenated alkanes) is 1. The number of amides is 2. The minimum Gasteiger partial charge on any atom is -0.480 e. The summed E-state index contributed by atoms with van der Waals surface area (Å²) in [4.78, 5) is 35.6. The first-order valence-electron chi connectivity index (χ1n) is 8.46. The van der Waals surface area contributed by atoms with Crippen molar-refractivity contribution in [1.29, 1.82) is 0 Å².